The van der Waals surface area contributed by atoms with Crippen molar-refractivity contribution in [3.05, 3.63) is 33.4 Å². The molecule has 0 bridgehead atoms. The summed E-state index contributed by atoms with van der Waals surface area (Å²) in [6, 6.07) is 5.07. The van der Waals surface area contributed by atoms with Gasteiger partial charge in [0.05, 0.1) is 10.5 Å². The third kappa shape index (κ3) is 1.51. The Morgan fingerprint density at radius 3 is 2.79 bits per heavy atom. The molecule has 0 amide bonds. The Bertz CT molecular complexity index is 521. The van der Waals surface area contributed by atoms with Gasteiger partial charge < -0.3 is 10.1 Å². The van der Waals surface area contributed by atoms with Gasteiger partial charge in [0, 0.05) is 9.86 Å². The summed E-state index contributed by atoms with van der Waals surface area (Å²) in [6.45, 7) is 0. The van der Waals surface area contributed by atoms with Crippen molar-refractivity contribution >= 4 is 44.4 Å². The molecule has 1 heterocycles. The molecule has 1 aromatic carbocycles. The number of aromatic nitrogens is 1. The largest absolute Gasteiger partial charge is 0.477 e. The van der Waals surface area contributed by atoms with Gasteiger partial charge in [-0.25, -0.2) is 4.79 Å². The Morgan fingerprint density at radius 1 is 1.43 bits per heavy atom. The van der Waals surface area contributed by atoms with Crippen LogP contribution < -0.4 is 0 Å². The smallest absolute Gasteiger partial charge is 0.352 e. The van der Waals surface area contributed by atoms with Crippen molar-refractivity contribution in [2.75, 3.05) is 0 Å². The molecule has 2 rings (SSSR count). The Kier molecular flexibility index (Phi) is 2.25. The molecule has 0 atom stereocenters. The fourth-order valence-electron chi connectivity index (χ4n) is 1.28. The molecular formula is C9H5BrClNO2. The maximum Gasteiger partial charge on any atom is 0.352 e. The van der Waals surface area contributed by atoms with E-state index in [0.717, 1.165) is 9.86 Å². The van der Waals surface area contributed by atoms with Gasteiger partial charge in [-0.3, -0.25) is 0 Å². The summed E-state index contributed by atoms with van der Waals surface area (Å²) in [4.78, 5) is 13.4. The average Bonchev–Trinajstić information content (AvgIpc) is 2.47. The molecule has 0 unspecified atom stereocenters. The number of carboxylic acid groups (broad SMARTS) is 1. The van der Waals surface area contributed by atoms with Crippen molar-refractivity contribution < 1.29 is 9.90 Å². The number of benzene rings is 1. The minimum absolute atomic E-state index is 0.139. The molecule has 72 valence electrons. The number of hydrogen-bond acceptors (Lipinski definition) is 1. The predicted octanol–water partition coefficient (Wildman–Crippen LogP) is 3.28. The Hall–Kier alpha value is -1.00. The van der Waals surface area contributed by atoms with Crippen molar-refractivity contribution in [2.45, 2.75) is 0 Å². The first-order valence-electron chi connectivity index (χ1n) is 3.79. The molecule has 0 spiro atoms. The number of fused-ring (bicyclic) bond motifs is 1. The fraction of sp³-hybridized carbons (Fsp3) is 0. The van der Waals surface area contributed by atoms with Crippen LogP contribution in [0.1, 0.15) is 10.5 Å². The second kappa shape index (κ2) is 3.29. The maximum atomic E-state index is 10.7. The van der Waals surface area contributed by atoms with Gasteiger partial charge in [-0.15, -0.1) is 0 Å². The van der Waals surface area contributed by atoms with Crippen molar-refractivity contribution in [1.29, 1.82) is 0 Å². The standard InChI is InChI=1S/C9H5BrClNO2/c10-5-1-4-2-7(9(13)14)12-8(4)6(11)3-5/h1-3,12H,(H,13,14). The Balaban J connectivity index is 2.76. The van der Waals surface area contributed by atoms with Crippen LogP contribution in [0.25, 0.3) is 10.9 Å². The normalized spacial score (nSPS) is 10.7. The number of carbonyl (C=O) groups is 1. The summed E-state index contributed by atoms with van der Waals surface area (Å²) in [5.41, 5.74) is 0.785. The van der Waals surface area contributed by atoms with E-state index in [-0.39, 0.29) is 5.69 Å². The lowest BCUT2D eigenvalue weighted by molar-refractivity contribution is 0.0691. The molecule has 0 aliphatic carbocycles. The molecule has 0 saturated carbocycles. The summed E-state index contributed by atoms with van der Waals surface area (Å²) >= 11 is 9.21. The number of carboxylic acids is 1. The van der Waals surface area contributed by atoms with Crippen LogP contribution in [0.4, 0.5) is 0 Å². The van der Waals surface area contributed by atoms with Gasteiger partial charge in [-0.05, 0) is 18.2 Å². The molecule has 0 radical (unpaired) electrons. The first-order valence-corrected chi connectivity index (χ1v) is 4.96. The van der Waals surface area contributed by atoms with Gasteiger partial charge in [0.25, 0.3) is 0 Å². The molecule has 0 aliphatic heterocycles. The lowest BCUT2D eigenvalue weighted by Gasteiger charge is -1.94. The highest BCUT2D eigenvalue weighted by molar-refractivity contribution is 9.10. The van der Waals surface area contributed by atoms with Crippen molar-refractivity contribution in [3.8, 4) is 0 Å². The van der Waals surface area contributed by atoms with E-state index in [9.17, 15) is 4.79 Å². The highest BCUT2D eigenvalue weighted by Gasteiger charge is 2.09. The monoisotopic (exact) mass is 273 g/mol. The first kappa shape index (κ1) is 9.55. The summed E-state index contributed by atoms with van der Waals surface area (Å²) in [5.74, 6) is -0.992. The summed E-state index contributed by atoms with van der Waals surface area (Å²) in [6.07, 6.45) is 0. The predicted molar refractivity (Wildman–Crippen MR) is 58.0 cm³/mol. The van der Waals surface area contributed by atoms with E-state index in [0.29, 0.717) is 10.5 Å². The molecule has 14 heavy (non-hydrogen) atoms. The molecular weight excluding hydrogens is 269 g/mol. The third-order valence-electron chi connectivity index (χ3n) is 1.88. The van der Waals surface area contributed by atoms with E-state index in [1.165, 1.54) is 0 Å². The number of aromatic amines is 1. The van der Waals surface area contributed by atoms with Gasteiger partial charge >= 0.3 is 5.97 Å². The molecule has 5 heteroatoms. The van der Waals surface area contributed by atoms with Crippen LogP contribution in [0.2, 0.25) is 5.02 Å². The van der Waals surface area contributed by atoms with Gasteiger partial charge in [0.2, 0.25) is 0 Å². The lowest BCUT2D eigenvalue weighted by Crippen LogP contribution is -1.94. The van der Waals surface area contributed by atoms with E-state index >= 15 is 0 Å². The summed E-state index contributed by atoms with van der Waals surface area (Å²) in [5, 5.41) is 10.0. The van der Waals surface area contributed by atoms with Crippen LogP contribution >= 0.6 is 27.5 Å². The van der Waals surface area contributed by atoms with E-state index in [1.54, 1.807) is 12.1 Å². The molecule has 3 nitrogen and oxygen atoms in total. The van der Waals surface area contributed by atoms with Crippen molar-refractivity contribution in [1.82, 2.24) is 4.98 Å². The number of aromatic carboxylic acids is 1. The SMILES string of the molecule is O=C(O)c1cc2cc(Br)cc(Cl)c2[nH]1. The number of halogens is 2. The number of hydrogen-bond donors (Lipinski definition) is 2. The van der Waals surface area contributed by atoms with Gasteiger partial charge in [-0.2, -0.15) is 0 Å². The zero-order chi connectivity index (χ0) is 10.3. The van der Waals surface area contributed by atoms with E-state index in [1.807, 2.05) is 6.07 Å². The quantitative estimate of drug-likeness (QED) is 0.838. The second-order valence-corrected chi connectivity index (χ2v) is 4.16. The maximum absolute atomic E-state index is 10.7. The lowest BCUT2D eigenvalue weighted by atomic mass is 10.2. The molecule has 0 saturated heterocycles. The average molecular weight is 275 g/mol. The molecule has 0 fully saturated rings. The Labute approximate surface area is 92.8 Å². The minimum Gasteiger partial charge on any atom is -0.477 e. The summed E-state index contributed by atoms with van der Waals surface area (Å²) in [7, 11) is 0. The van der Waals surface area contributed by atoms with E-state index in [4.69, 9.17) is 16.7 Å². The van der Waals surface area contributed by atoms with Crippen LogP contribution in [0.5, 0.6) is 0 Å². The van der Waals surface area contributed by atoms with Gasteiger partial charge in [0.15, 0.2) is 0 Å². The molecule has 2 N–H and O–H groups in total. The third-order valence-corrected chi connectivity index (χ3v) is 2.63. The van der Waals surface area contributed by atoms with Crippen LogP contribution in [0.3, 0.4) is 0 Å². The van der Waals surface area contributed by atoms with Gasteiger partial charge in [0.1, 0.15) is 5.69 Å². The van der Waals surface area contributed by atoms with E-state index in [2.05, 4.69) is 20.9 Å². The van der Waals surface area contributed by atoms with Crippen LogP contribution in [0.15, 0.2) is 22.7 Å². The first-order chi connectivity index (χ1) is 6.58. The highest BCUT2D eigenvalue weighted by Crippen LogP contribution is 2.28. The number of H-pyrrole nitrogens is 1. The zero-order valence-corrected chi connectivity index (χ0v) is 9.19. The summed E-state index contributed by atoms with van der Waals surface area (Å²) < 4.78 is 0.825. The van der Waals surface area contributed by atoms with Crippen molar-refractivity contribution in [2.24, 2.45) is 0 Å². The highest BCUT2D eigenvalue weighted by atomic mass is 79.9. The van der Waals surface area contributed by atoms with Crippen LogP contribution in [-0.4, -0.2) is 16.1 Å². The number of rotatable bonds is 1. The fourth-order valence-corrected chi connectivity index (χ4v) is 2.16. The van der Waals surface area contributed by atoms with Crippen molar-refractivity contribution in [3.63, 3.8) is 0 Å². The van der Waals surface area contributed by atoms with E-state index < -0.39 is 5.97 Å². The van der Waals surface area contributed by atoms with Crippen LogP contribution in [0, 0.1) is 0 Å². The molecule has 1 aromatic heterocycles. The topological polar surface area (TPSA) is 53.1 Å². The van der Waals surface area contributed by atoms with Crippen LogP contribution in [-0.2, 0) is 0 Å². The number of nitrogens with one attached hydrogen (secondary N) is 1. The minimum atomic E-state index is -0.992. The molecule has 0 aliphatic rings. The zero-order valence-electron chi connectivity index (χ0n) is 6.84. The second-order valence-electron chi connectivity index (χ2n) is 2.84. The van der Waals surface area contributed by atoms with Gasteiger partial charge in [-0.1, -0.05) is 27.5 Å². The Morgan fingerprint density at radius 2 is 2.14 bits per heavy atom. The molecule has 2 aromatic rings.